The number of hydrogen-bond acceptors (Lipinski definition) is 1. The minimum absolute atomic E-state index is 0.0866. The van der Waals surface area contributed by atoms with E-state index < -0.39 is 7.14 Å². The van der Waals surface area contributed by atoms with E-state index in [0.29, 0.717) is 0 Å². The van der Waals surface area contributed by atoms with Gasteiger partial charge in [-0.05, 0) is 56.6 Å². The number of hydrogen-bond donors (Lipinski definition) is 0. The molecule has 0 N–H and O–H groups in total. The zero-order chi connectivity index (χ0) is 13.9. The van der Waals surface area contributed by atoms with Crippen molar-refractivity contribution in [1.29, 1.82) is 0 Å². The van der Waals surface area contributed by atoms with Crippen molar-refractivity contribution in [2.45, 2.75) is 37.5 Å². The van der Waals surface area contributed by atoms with Crippen LogP contribution in [0, 0.1) is 0 Å². The summed E-state index contributed by atoms with van der Waals surface area (Å²) in [4.78, 5) is 0. The third-order valence-electron chi connectivity index (χ3n) is 3.73. The van der Waals surface area contributed by atoms with E-state index in [0.717, 1.165) is 31.0 Å². The lowest BCUT2D eigenvalue weighted by Gasteiger charge is -2.16. The highest BCUT2D eigenvalue weighted by atomic mass is 35.5. The maximum absolute atomic E-state index is 12.3. The topological polar surface area (TPSA) is 17.1 Å². The third kappa shape index (κ3) is 3.97. The second kappa shape index (κ2) is 6.29. The highest BCUT2D eigenvalue weighted by Gasteiger charge is 2.24. The molecule has 2 aliphatic carbocycles. The molecule has 1 atom stereocenters. The normalized spacial score (nSPS) is 25.0. The molecule has 0 radical (unpaired) electrons. The molecule has 0 heterocycles. The number of alkyl halides is 1. The van der Waals surface area contributed by atoms with Gasteiger partial charge in [0.05, 0.1) is 5.38 Å². The van der Waals surface area contributed by atoms with Gasteiger partial charge in [-0.3, -0.25) is 0 Å². The molecule has 2 rings (SSSR count). The molecule has 1 unspecified atom stereocenters. The van der Waals surface area contributed by atoms with Crippen molar-refractivity contribution in [2.24, 2.45) is 0 Å². The first kappa shape index (κ1) is 14.9. The van der Waals surface area contributed by atoms with Crippen LogP contribution in [0.4, 0.5) is 0 Å². The maximum Gasteiger partial charge on any atom is 0.107 e. The molecule has 0 aliphatic heterocycles. The van der Waals surface area contributed by atoms with Gasteiger partial charge >= 0.3 is 0 Å². The summed E-state index contributed by atoms with van der Waals surface area (Å²) < 4.78 is 12.3. The van der Waals surface area contributed by atoms with Crippen molar-refractivity contribution < 1.29 is 4.57 Å². The Kier molecular flexibility index (Phi) is 4.92. The minimum atomic E-state index is -2.25. The van der Waals surface area contributed by atoms with Gasteiger partial charge in [0, 0.05) is 5.31 Å². The Hall–Kier alpha value is -0.520. The van der Waals surface area contributed by atoms with Gasteiger partial charge in [-0.25, -0.2) is 0 Å². The minimum Gasteiger partial charge on any atom is -0.319 e. The van der Waals surface area contributed by atoms with Crippen molar-refractivity contribution in [2.75, 3.05) is 13.3 Å². The summed E-state index contributed by atoms with van der Waals surface area (Å²) in [6.45, 7) is 3.61. The van der Waals surface area contributed by atoms with Crippen LogP contribution in [0.15, 0.2) is 46.8 Å². The first-order chi connectivity index (χ1) is 8.98. The van der Waals surface area contributed by atoms with Crippen LogP contribution in [-0.2, 0) is 4.57 Å². The Morgan fingerprint density at radius 3 is 2.63 bits per heavy atom. The Balaban J connectivity index is 2.27. The molecule has 0 aromatic heterocycles. The second-order valence-electron chi connectivity index (χ2n) is 5.65. The van der Waals surface area contributed by atoms with Crippen LogP contribution < -0.4 is 0 Å². The first-order valence-corrected chi connectivity index (χ1v) is 9.98. The van der Waals surface area contributed by atoms with Crippen molar-refractivity contribution in [1.82, 2.24) is 0 Å². The van der Waals surface area contributed by atoms with Crippen LogP contribution in [0.2, 0.25) is 0 Å². The smallest absolute Gasteiger partial charge is 0.107 e. The summed E-state index contributed by atoms with van der Waals surface area (Å²) >= 11 is 6.40. The van der Waals surface area contributed by atoms with Gasteiger partial charge in [-0.1, -0.05) is 30.4 Å². The lowest BCUT2D eigenvalue weighted by atomic mass is 9.97. The van der Waals surface area contributed by atoms with Gasteiger partial charge in [-0.15, -0.1) is 11.6 Å². The Morgan fingerprint density at radius 1 is 1.16 bits per heavy atom. The van der Waals surface area contributed by atoms with Crippen molar-refractivity contribution >= 4 is 18.7 Å². The Morgan fingerprint density at radius 2 is 1.89 bits per heavy atom. The van der Waals surface area contributed by atoms with Gasteiger partial charge in [0.2, 0.25) is 0 Å². The quantitative estimate of drug-likeness (QED) is 0.486. The average Bonchev–Trinajstić information content (AvgIpc) is 2.68. The van der Waals surface area contributed by atoms with E-state index in [1.165, 1.54) is 17.6 Å². The monoisotopic (exact) mass is 296 g/mol. The molecule has 104 valence electrons. The van der Waals surface area contributed by atoms with Gasteiger partial charge in [0.15, 0.2) is 0 Å². The number of rotatable bonds is 2. The molecule has 0 saturated heterocycles. The predicted octanol–water partition coefficient (Wildman–Crippen LogP) is 5.49. The maximum atomic E-state index is 12.3. The van der Waals surface area contributed by atoms with E-state index in [1.807, 2.05) is 6.08 Å². The lowest BCUT2D eigenvalue weighted by molar-refractivity contribution is 0.585. The molecule has 0 fully saturated rings. The summed E-state index contributed by atoms with van der Waals surface area (Å²) in [5.74, 6) is 0. The zero-order valence-electron chi connectivity index (χ0n) is 11.7. The number of halogens is 1. The summed E-state index contributed by atoms with van der Waals surface area (Å²) in [6.07, 6.45) is 16.1. The van der Waals surface area contributed by atoms with E-state index >= 15 is 0 Å². The molecule has 0 amide bonds. The van der Waals surface area contributed by atoms with Gasteiger partial charge < -0.3 is 4.57 Å². The molecule has 0 aromatic rings. The highest BCUT2D eigenvalue weighted by Crippen LogP contribution is 2.51. The van der Waals surface area contributed by atoms with Crippen LogP contribution in [0.1, 0.15) is 32.1 Å². The summed E-state index contributed by atoms with van der Waals surface area (Å²) in [6, 6.07) is 0. The van der Waals surface area contributed by atoms with E-state index in [1.54, 1.807) is 13.3 Å². The van der Waals surface area contributed by atoms with Gasteiger partial charge in [-0.2, -0.15) is 0 Å². The molecule has 0 aromatic carbocycles. The van der Waals surface area contributed by atoms with Crippen LogP contribution in [0.25, 0.3) is 0 Å². The molecular weight excluding hydrogens is 275 g/mol. The largest absolute Gasteiger partial charge is 0.319 e. The van der Waals surface area contributed by atoms with Crippen LogP contribution >= 0.6 is 18.7 Å². The molecule has 0 spiro atoms. The predicted molar refractivity (Wildman–Crippen MR) is 85.6 cm³/mol. The zero-order valence-corrected chi connectivity index (χ0v) is 13.4. The number of allylic oxidation sites excluding steroid dienone is 8. The van der Waals surface area contributed by atoms with Crippen molar-refractivity contribution in [3.63, 3.8) is 0 Å². The molecule has 2 aliphatic rings. The fourth-order valence-electron chi connectivity index (χ4n) is 2.63. The summed E-state index contributed by atoms with van der Waals surface area (Å²) in [7, 11) is -2.25. The van der Waals surface area contributed by atoms with E-state index in [4.69, 9.17) is 11.6 Å². The fraction of sp³-hybridized carbons (Fsp3) is 0.500. The molecule has 19 heavy (non-hydrogen) atoms. The Labute approximate surface area is 121 Å². The fourth-order valence-corrected chi connectivity index (χ4v) is 4.75. The summed E-state index contributed by atoms with van der Waals surface area (Å²) in [5.41, 5.74) is 2.78. The SMILES string of the molecule is CP(C)(=O)C1=CC=C(C2=CC=CCCC2)CCC1Cl. The third-order valence-corrected chi connectivity index (χ3v) is 6.04. The van der Waals surface area contributed by atoms with E-state index in [-0.39, 0.29) is 5.38 Å². The van der Waals surface area contributed by atoms with Crippen molar-refractivity contribution in [3.05, 3.63) is 46.8 Å². The standard InChI is InChI=1S/C16H22ClOP/c1-19(2,18)16-12-10-14(9-11-15(16)17)13-7-5-3-4-6-8-13/h3,5,7,10,12,15H,4,6,8-9,11H2,1-2H3. The van der Waals surface area contributed by atoms with Crippen LogP contribution in [0.5, 0.6) is 0 Å². The van der Waals surface area contributed by atoms with E-state index in [9.17, 15) is 4.57 Å². The van der Waals surface area contributed by atoms with Gasteiger partial charge in [0.25, 0.3) is 0 Å². The molecule has 1 nitrogen and oxygen atoms in total. The van der Waals surface area contributed by atoms with Crippen LogP contribution in [-0.4, -0.2) is 18.7 Å². The van der Waals surface area contributed by atoms with Crippen LogP contribution in [0.3, 0.4) is 0 Å². The second-order valence-corrected chi connectivity index (χ2v) is 9.40. The first-order valence-electron chi connectivity index (χ1n) is 6.95. The highest BCUT2D eigenvalue weighted by molar-refractivity contribution is 7.66. The molecular formula is C16H22ClOP. The Bertz CT molecular complexity index is 505. The lowest BCUT2D eigenvalue weighted by Crippen LogP contribution is -2.02. The molecule has 0 bridgehead atoms. The molecule has 0 saturated carbocycles. The summed E-state index contributed by atoms with van der Waals surface area (Å²) in [5, 5.41) is 0.838. The van der Waals surface area contributed by atoms with Crippen molar-refractivity contribution in [3.8, 4) is 0 Å². The van der Waals surface area contributed by atoms with E-state index in [2.05, 4.69) is 24.3 Å². The average molecular weight is 297 g/mol. The van der Waals surface area contributed by atoms with Gasteiger partial charge in [0.1, 0.15) is 7.14 Å². The molecule has 3 heteroatoms.